The average Bonchev–Trinajstić information content (AvgIpc) is 3.34. The highest BCUT2D eigenvalue weighted by Crippen LogP contribution is 2.44. The molecular weight excluding hydrogens is 401 g/mol. The molecule has 0 aliphatic carbocycles. The predicted molar refractivity (Wildman–Crippen MR) is 100 cm³/mol. The zero-order chi connectivity index (χ0) is 18.5. The fraction of sp³-hybridized carbons (Fsp3) is 0.0588. The molecule has 0 fully saturated rings. The average molecular weight is 410 g/mol. The summed E-state index contributed by atoms with van der Waals surface area (Å²) in [5, 5.41) is 3.29. The van der Waals surface area contributed by atoms with Crippen LogP contribution in [-0.4, -0.2) is 10.8 Å². The van der Waals surface area contributed by atoms with Gasteiger partial charge in [-0.3, -0.25) is 4.79 Å². The van der Waals surface area contributed by atoms with Gasteiger partial charge in [0.2, 0.25) is 5.78 Å². The van der Waals surface area contributed by atoms with Crippen molar-refractivity contribution in [2.75, 3.05) is 5.73 Å². The zero-order valence-electron chi connectivity index (χ0n) is 12.8. The van der Waals surface area contributed by atoms with Gasteiger partial charge in [-0.2, -0.15) is 13.2 Å². The number of anilines is 1. The highest BCUT2D eigenvalue weighted by atomic mass is 32.1. The number of hydrogen-bond donors (Lipinski definition) is 1. The van der Waals surface area contributed by atoms with Crippen molar-refractivity contribution >= 4 is 55.7 Å². The summed E-state index contributed by atoms with van der Waals surface area (Å²) < 4.78 is 40.9. The van der Waals surface area contributed by atoms with E-state index in [9.17, 15) is 18.0 Å². The maximum absolute atomic E-state index is 13.6. The third kappa shape index (κ3) is 2.81. The van der Waals surface area contributed by atoms with Crippen LogP contribution in [0.25, 0.3) is 20.8 Å². The van der Waals surface area contributed by atoms with Crippen molar-refractivity contribution in [1.82, 2.24) is 4.98 Å². The molecule has 26 heavy (non-hydrogen) atoms. The number of carbonyl (C=O) groups excluding carboxylic acids is 1. The molecule has 3 nitrogen and oxygen atoms in total. The summed E-state index contributed by atoms with van der Waals surface area (Å²) in [4.78, 5) is 18.2. The van der Waals surface area contributed by atoms with E-state index in [-0.39, 0.29) is 32.3 Å². The largest absolute Gasteiger partial charge is 0.417 e. The van der Waals surface area contributed by atoms with Crippen LogP contribution in [0.3, 0.4) is 0 Å². The molecule has 132 valence electrons. The van der Waals surface area contributed by atoms with Gasteiger partial charge in [-0.05, 0) is 29.0 Å². The normalized spacial score (nSPS) is 12.0. The van der Waals surface area contributed by atoms with Crippen LogP contribution in [-0.2, 0) is 6.18 Å². The Kier molecular flexibility index (Phi) is 4.09. The van der Waals surface area contributed by atoms with E-state index >= 15 is 0 Å². The molecule has 0 bridgehead atoms. The van der Waals surface area contributed by atoms with Crippen molar-refractivity contribution in [3.63, 3.8) is 0 Å². The third-order valence-corrected chi connectivity index (χ3v) is 6.59. The van der Waals surface area contributed by atoms with E-state index in [1.807, 2.05) is 0 Å². The number of aromatic nitrogens is 1. The number of hydrogen-bond acceptors (Lipinski definition) is 6. The van der Waals surface area contributed by atoms with Gasteiger partial charge >= 0.3 is 6.18 Å². The molecule has 4 aromatic rings. The molecule has 0 atom stereocenters. The molecule has 4 heterocycles. The molecule has 0 radical (unpaired) electrons. The number of carbonyl (C=O) groups is 1. The van der Waals surface area contributed by atoms with Gasteiger partial charge < -0.3 is 5.73 Å². The predicted octanol–water partition coefficient (Wildman–Crippen LogP) is 5.92. The van der Waals surface area contributed by atoms with Crippen molar-refractivity contribution in [3.8, 4) is 10.6 Å². The molecule has 4 aromatic heterocycles. The van der Waals surface area contributed by atoms with E-state index in [0.717, 1.165) is 17.4 Å². The molecule has 0 aliphatic heterocycles. The number of halogens is 3. The van der Waals surface area contributed by atoms with Gasteiger partial charge in [0.1, 0.15) is 9.71 Å². The number of pyridine rings is 1. The van der Waals surface area contributed by atoms with E-state index < -0.39 is 11.7 Å². The number of nitrogens with zero attached hydrogens (tertiary/aromatic N) is 1. The Morgan fingerprint density at radius 1 is 1.12 bits per heavy atom. The van der Waals surface area contributed by atoms with Crippen LogP contribution >= 0.6 is 34.0 Å². The van der Waals surface area contributed by atoms with E-state index in [1.54, 1.807) is 35.0 Å². The van der Waals surface area contributed by atoms with Crippen molar-refractivity contribution in [3.05, 3.63) is 56.4 Å². The van der Waals surface area contributed by atoms with Gasteiger partial charge in [0.05, 0.1) is 26.7 Å². The molecule has 0 saturated carbocycles. The summed E-state index contributed by atoms with van der Waals surface area (Å²) in [5.41, 5.74) is 5.15. The number of nitrogens with two attached hydrogens (primary N) is 1. The molecule has 0 unspecified atom stereocenters. The minimum atomic E-state index is -4.61. The van der Waals surface area contributed by atoms with Crippen LogP contribution in [0.15, 0.2) is 41.1 Å². The van der Waals surface area contributed by atoms with E-state index in [0.29, 0.717) is 9.75 Å². The minimum absolute atomic E-state index is 0.0868. The fourth-order valence-corrected chi connectivity index (χ4v) is 5.08. The number of ketones is 1. The van der Waals surface area contributed by atoms with Crippen LogP contribution in [0.5, 0.6) is 0 Å². The standard InChI is InChI=1S/C17H9F3N2OS3/c18-17(19,20)8-7-9(10-3-1-5-24-10)22-16-12(8)13(21)15(26-16)14(23)11-4-2-6-25-11/h1-7H,21H2. The molecule has 0 aliphatic rings. The molecule has 2 N–H and O–H groups in total. The first kappa shape index (κ1) is 17.2. The van der Waals surface area contributed by atoms with Crippen LogP contribution in [0, 0.1) is 0 Å². The van der Waals surface area contributed by atoms with E-state index in [4.69, 9.17) is 5.73 Å². The lowest BCUT2D eigenvalue weighted by molar-refractivity contribution is -0.136. The Morgan fingerprint density at radius 3 is 2.46 bits per heavy atom. The van der Waals surface area contributed by atoms with E-state index in [2.05, 4.69) is 4.98 Å². The van der Waals surface area contributed by atoms with Gasteiger partial charge in [0.15, 0.2) is 0 Å². The highest BCUT2D eigenvalue weighted by molar-refractivity contribution is 7.22. The van der Waals surface area contributed by atoms with Gasteiger partial charge in [-0.25, -0.2) is 4.98 Å². The number of fused-ring (bicyclic) bond motifs is 1. The number of alkyl halides is 3. The molecule has 0 saturated heterocycles. The first-order chi connectivity index (χ1) is 12.4. The molecular formula is C17H9F3N2OS3. The molecule has 4 rings (SSSR count). The molecule has 0 spiro atoms. The molecule has 0 amide bonds. The Balaban J connectivity index is 1.99. The Labute approximate surface area is 157 Å². The summed E-state index contributed by atoms with van der Waals surface area (Å²) in [6, 6.07) is 7.76. The van der Waals surface area contributed by atoms with Crippen molar-refractivity contribution in [1.29, 1.82) is 0 Å². The Morgan fingerprint density at radius 2 is 1.85 bits per heavy atom. The van der Waals surface area contributed by atoms with Crippen LogP contribution in [0.2, 0.25) is 0 Å². The Bertz CT molecular complexity index is 1100. The number of rotatable bonds is 3. The first-order valence-electron chi connectivity index (χ1n) is 7.28. The minimum Gasteiger partial charge on any atom is -0.397 e. The maximum atomic E-state index is 13.6. The summed E-state index contributed by atoms with van der Waals surface area (Å²) >= 11 is 3.41. The van der Waals surface area contributed by atoms with Crippen molar-refractivity contribution in [2.45, 2.75) is 6.18 Å². The summed E-state index contributed by atoms with van der Waals surface area (Å²) in [6.07, 6.45) is -4.61. The highest BCUT2D eigenvalue weighted by Gasteiger charge is 2.36. The van der Waals surface area contributed by atoms with Gasteiger partial charge in [0.25, 0.3) is 0 Å². The zero-order valence-corrected chi connectivity index (χ0v) is 15.3. The third-order valence-electron chi connectivity index (χ3n) is 3.73. The van der Waals surface area contributed by atoms with Crippen molar-refractivity contribution in [2.24, 2.45) is 0 Å². The molecule has 0 aromatic carbocycles. The topological polar surface area (TPSA) is 56.0 Å². The van der Waals surface area contributed by atoms with Crippen molar-refractivity contribution < 1.29 is 18.0 Å². The van der Waals surface area contributed by atoms with Gasteiger partial charge in [-0.15, -0.1) is 34.0 Å². The second-order valence-corrected chi connectivity index (χ2v) is 8.26. The quantitative estimate of drug-likeness (QED) is 0.427. The lowest BCUT2D eigenvalue weighted by Crippen LogP contribution is -2.08. The van der Waals surface area contributed by atoms with Gasteiger partial charge in [-0.1, -0.05) is 12.1 Å². The maximum Gasteiger partial charge on any atom is 0.417 e. The van der Waals surface area contributed by atoms with Crippen LogP contribution < -0.4 is 5.73 Å². The van der Waals surface area contributed by atoms with E-state index in [1.165, 1.54) is 22.7 Å². The smallest absolute Gasteiger partial charge is 0.397 e. The summed E-state index contributed by atoms with van der Waals surface area (Å²) in [7, 11) is 0. The fourth-order valence-electron chi connectivity index (χ4n) is 2.58. The number of nitrogen functional groups attached to an aromatic ring is 1. The number of thiophene rings is 3. The SMILES string of the molecule is Nc1c(C(=O)c2cccs2)sc2nc(-c3cccs3)cc(C(F)(F)F)c12. The summed E-state index contributed by atoms with van der Waals surface area (Å²) in [6.45, 7) is 0. The summed E-state index contributed by atoms with van der Waals surface area (Å²) in [5.74, 6) is -0.383. The first-order valence-corrected chi connectivity index (χ1v) is 9.86. The monoisotopic (exact) mass is 410 g/mol. The molecule has 9 heteroatoms. The van der Waals surface area contributed by atoms with Crippen LogP contribution in [0.4, 0.5) is 18.9 Å². The second-order valence-electron chi connectivity index (χ2n) is 5.36. The van der Waals surface area contributed by atoms with Gasteiger partial charge in [0, 0.05) is 5.39 Å². The Hall–Kier alpha value is -2.23. The lowest BCUT2D eigenvalue weighted by Gasteiger charge is -2.10. The second kappa shape index (κ2) is 6.19. The van der Waals surface area contributed by atoms with Crippen LogP contribution in [0.1, 0.15) is 20.1 Å². The lowest BCUT2D eigenvalue weighted by atomic mass is 10.1.